The highest BCUT2D eigenvalue weighted by atomic mass is 79.9. The van der Waals surface area contributed by atoms with Crippen molar-refractivity contribution < 1.29 is 4.79 Å². The molecular weight excluding hydrogens is 416 g/mol. The number of halogens is 1. The van der Waals surface area contributed by atoms with Crippen molar-refractivity contribution in [3.8, 4) is 0 Å². The van der Waals surface area contributed by atoms with Gasteiger partial charge in [-0.05, 0) is 23.8 Å². The van der Waals surface area contributed by atoms with Crippen molar-refractivity contribution in [1.82, 2.24) is 10.3 Å². The van der Waals surface area contributed by atoms with Gasteiger partial charge in [-0.1, -0.05) is 76.6 Å². The first-order valence-corrected chi connectivity index (χ1v) is 9.71. The van der Waals surface area contributed by atoms with Crippen LogP contribution < -0.4 is 11.3 Å². The monoisotopic (exact) mass is 434 g/mol. The molecule has 140 valence electrons. The van der Waals surface area contributed by atoms with E-state index in [1.54, 1.807) is 0 Å². The Bertz CT molecular complexity index is 1020. The second-order valence-corrected chi connectivity index (χ2v) is 7.43. The topological polar surface area (TPSA) is 70.7 Å². The number of nitrogens with one attached hydrogen (secondary N) is 1. The van der Waals surface area contributed by atoms with Gasteiger partial charge in [-0.3, -0.25) is 10.2 Å². The molecule has 0 spiro atoms. The zero-order valence-electron chi connectivity index (χ0n) is 15.0. The van der Waals surface area contributed by atoms with Gasteiger partial charge >= 0.3 is 0 Å². The van der Waals surface area contributed by atoms with E-state index in [1.807, 2.05) is 65.6 Å². The van der Waals surface area contributed by atoms with Gasteiger partial charge < -0.3 is 4.90 Å². The molecule has 6 heteroatoms. The average Bonchev–Trinajstić information content (AvgIpc) is 2.74. The normalized spacial score (nSPS) is 15.6. The molecule has 0 aliphatic carbocycles. The molecule has 0 aromatic heterocycles. The zero-order chi connectivity index (χ0) is 19.5. The summed E-state index contributed by atoms with van der Waals surface area (Å²) in [5.74, 6) is 5.87. The molecule has 0 radical (unpaired) electrons. The van der Waals surface area contributed by atoms with Crippen molar-refractivity contribution >= 4 is 33.4 Å². The van der Waals surface area contributed by atoms with E-state index in [0.29, 0.717) is 0 Å². The molecule has 0 fully saturated rings. The summed E-state index contributed by atoms with van der Waals surface area (Å²) in [6, 6.07) is 25.9. The lowest BCUT2D eigenvalue weighted by molar-refractivity contribution is -0.121. The molecule has 0 saturated carbocycles. The van der Waals surface area contributed by atoms with Gasteiger partial charge in [0.15, 0.2) is 0 Å². The first kappa shape index (κ1) is 18.4. The van der Waals surface area contributed by atoms with Gasteiger partial charge in [0.25, 0.3) is 5.91 Å². The van der Waals surface area contributed by atoms with E-state index in [9.17, 15) is 4.79 Å². The average molecular weight is 435 g/mol. The lowest BCUT2D eigenvalue weighted by Gasteiger charge is -2.38. The number of amides is 1. The highest BCUT2D eigenvalue weighted by Crippen LogP contribution is 2.41. The summed E-state index contributed by atoms with van der Waals surface area (Å²) in [4.78, 5) is 19.2. The van der Waals surface area contributed by atoms with Gasteiger partial charge in [-0.15, -0.1) is 0 Å². The van der Waals surface area contributed by atoms with Crippen molar-refractivity contribution in [2.24, 2.45) is 10.8 Å². The molecule has 5 nitrogen and oxygen atoms in total. The lowest BCUT2D eigenvalue weighted by Crippen LogP contribution is -2.46. The number of rotatable bonds is 4. The van der Waals surface area contributed by atoms with Crippen LogP contribution in [0.5, 0.6) is 0 Å². The first-order valence-electron chi connectivity index (χ1n) is 8.92. The third-order valence-electron chi connectivity index (χ3n) is 4.72. The van der Waals surface area contributed by atoms with Crippen LogP contribution in [0.4, 0.5) is 5.69 Å². The van der Waals surface area contributed by atoms with Gasteiger partial charge in [-0.25, -0.2) is 10.8 Å². The van der Waals surface area contributed by atoms with E-state index in [0.717, 1.165) is 32.7 Å². The Morgan fingerprint density at radius 2 is 1.71 bits per heavy atom. The minimum absolute atomic E-state index is 0.0930. The van der Waals surface area contributed by atoms with Crippen LogP contribution in [-0.4, -0.2) is 23.2 Å². The molecule has 1 amide bonds. The largest absolute Gasteiger partial charge is 0.336 e. The molecule has 4 rings (SSSR count). The Kier molecular flexibility index (Phi) is 5.23. The van der Waals surface area contributed by atoms with Crippen LogP contribution in [0.25, 0.3) is 0 Å². The van der Waals surface area contributed by atoms with E-state index in [-0.39, 0.29) is 18.5 Å². The number of nitrogens with two attached hydrogens (primary N) is 1. The summed E-state index contributed by atoms with van der Waals surface area (Å²) < 4.78 is 0.966. The van der Waals surface area contributed by atoms with Gasteiger partial charge in [0.2, 0.25) is 0 Å². The number of amidine groups is 1. The van der Waals surface area contributed by atoms with Crippen LogP contribution in [0.15, 0.2) is 88.3 Å². The van der Waals surface area contributed by atoms with Crippen molar-refractivity contribution in [1.29, 1.82) is 0 Å². The highest BCUT2D eigenvalue weighted by molar-refractivity contribution is 9.10. The quantitative estimate of drug-likeness (QED) is 0.371. The second-order valence-electron chi connectivity index (χ2n) is 6.51. The summed E-state index contributed by atoms with van der Waals surface area (Å²) in [5.41, 5.74) is 6.19. The van der Waals surface area contributed by atoms with Crippen LogP contribution in [0.3, 0.4) is 0 Å². The van der Waals surface area contributed by atoms with Gasteiger partial charge in [-0.2, -0.15) is 0 Å². The number of aliphatic imine (C=N–C) groups is 1. The van der Waals surface area contributed by atoms with Crippen LogP contribution in [0, 0.1) is 0 Å². The van der Waals surface area contributed by atoms with Gasteiger partial charge in [0.1, 0.15) is 12.4 Å². The standard InChI is InChI=1S/C22H19BrN4O/c23-17-11-12-19-18(13-17)21(15-7-3-1-4-8-15)27(14-20(28)26-24)22(25-19)16-9-5-2-6-10-16/h1-13,21H,14,24H2,(H,26,28)/t21-/m1/s1. The molecule has 3 aromatic rings. The van der Waals surface area contributed by atoms with Crippen LogP contribution in [0.2, 0.25) is 0 Å². The van der Waals surface area contributed by atoms with E-state index in [4.69, 9.17) is 10.8 Å². The Labute approximate surface area is 172 Å². The summed E-state index contributed by atoms with van der Waals surface area (Å²) in [7, 11) is 0. The van der Waals surface area contributed by atoms with Crippen LogP contribution in [0.1, 0.15) is 22.7 Å². The summed E-state index contributed by atoms with van der Waals surface area (Å²) in [6.07, 6.45) is 0. The maximum absolute atomic E-state index is 12.3. The molecule has 3 N–H and O–H groups in total. The molecule has 0 bridgehead atoms. The van der Waals surface area contributed by atoms with Crippen molar-refractivity contribution in [2.45, 2.75) is 6.04 Å². The third kappa shape index (κ3) is 3.56. The maximum atomic E-state index is 12.3. The fourth-order valence-corrected chi connectivity index (χ4v) is 3.87. The highest BCUT2D eigenvalue weighted by Gasteiger charge is 2.33. The predicted octanol–water partition coefficient (Wildman–Crippen LogP) is 3.92. The van der Waals surface area contributed by atoms with E-state index < -0.39 is 0 Å². The van der Waals surface area contributed by atoms with Crippen LogP contribution in [-0.2, 0) is 4.79 Å². The van der Waals surface area contributed by atoms with E-state index in [1.165, 1.54) is 0 Å². The zero-order valence-corrected chi connectivity index (χ0v) is 16.6. The Morgan fingerprint density at radius 3 is 2.39 bits per heavy atom. The number of benzene rings is 3. The van der Waals surface area contributed by atoms with Crippen molar-refractivity contribution in [3.05, 3.63) is 100 Å². The lowest BCUT2D eigenvalue weighted by atomic mass is 9.93. The second kappa shape index (κ2) is 7.96. The summed E-state index contributed by atoms with van der Waals surface area (Å²) in [6.45, 7) is 0.0930. The Morgan fingerprint density at radius 1 is 1.04 bits per heavy atom. The number of hydrogen-bond acceptors (Lipinski definition) is 4. The number of fused-ring (bicyclic) bond motifs is 1. The fourth-order valence-electron chi connectivity index (χ4n) is 3.49. The van der Waals surface area contributed by atoms with Crippen molar-refractivity contribution in [3.63, 3.8) is 0 Å². The first-order chi connectivity index (χ1) is 13.7. The molecule has 1 aliphatic rings. The molecule has 1 heterocycles. The molecule has 1 aliphatic heterocycles. The Hall–Kier alpha value is -2.96. The fraction of sp³-hybridized carbons (Fsp3) is 0.0909. The van der Waals surface area contributed by atoms with Gasteiger partial charge in [0, 0.05) is 15.6 Å². The number of hydrazine groups is 1. The Balaban J connectivity index is 1.94. The molecule has 1 atom stereocenters. The smallest absolute Gasteiger partial charge is 0.253 e. The van der Waals surface area contributed by atoms with E-state index >= 15 is 0 Å². The summed E-state index contributed by atoms with van der Waals surface area (Å²) >= 11 is 3.57. The van der Waals surface area contributed by atoms with Crippen molar-refractivity contribution in [2.75, 3.05) is 6.54 Å². The van der Waals surface area contributed by atoms with E-state index in [2.05, 4.69) is 39.6 Å². The minimum atomic E-state index is -0.275. The summed E-state index contributed by atoms with van der Waals surface area (Å²) in [5, 5.41) is 0. The molecule has 28 heavy (non-hydrogen) atoms. The number of hydrogen-bond donors (Lipinski definition) is 2. The van der Waals surface area contributed by atoms with Crippen LogP contribution >= 0.6 is 15.9 Å². The maximum Gasteiger partial charge on any atom is 0.253 e. The number of nitrogens with zero attached hydrogens (tertiary/aromatic N) is 2. The predicted molar refractivity (Wildman–Crippen MR) is 114 cm³/mol. The molecule has 3 aromatic carbocycles. The van der Waals surface area contributed by atoms with Gasteiger partial charge in [0.05, 0.1) is 11.7 Å². The minimum Gasteiger partial charge on any atom is -0.336 e. The third-order valence-corrected chi connectivity index (χ3v) is 5.21. The molecule has 0 saturated heterocycles. The molecule has 0 unspecified atom stereocenters. The number of carbonyl (C=O) groups excluding carboxylic acids is 1. The SMILES string of the molecule is NNC(=O)CN1C(c2ccccc2)=Nc2ccc(Br)cc2[C@H]1c1ccccc1. The number of carbonyl (C=O) groups is 1. The molecular formula is C22H19BrN4O.